The van der Waals surface area contributed by atoms with Crippen molar-refractivity contribution in [3.05, 3.63) is 35.4 Å². The highest BCUT2D eigenvalue weighted by Gasteiger charge is 2.31. The normalized spacial score (nSPS) is 24.9. The molecule has 1 aliphatic carbocycles. The van der Waals surface area contributed by atoms with E-state index in [2.05, 4.69) is 49.9 Å². The summed E-state index contributed by atoms with van der Waals surface area (Å²) in [5, 5.41) is 0. The van der Waals surface area contributed by atoms with Crippen LogP contribution in [0.4, 0.5) is 0 Å². The van der Waals surface area contributed by atoms with Crippen molar-refractivity contribution in [1.29, 1.82) is 0 Å². The zero-order chi connectivity index (χ0) is 14.5. The number of nitrogens with two attached hydrogens (primary N) is 1. The topological polar surface area (TPSA) is 29.3 Å². The molecule has 1 fully saturated rings. The Morgan fingerprint density at radius 1 is 1.25 bits per heavy atom. The number of hydrogen-bond acceptors (Lipinski definition) is 2. The van der Waals surface area contributed by atoms with Gasteiger partial charge in [-0.2, -0.15) is 0 Å². The summed E-state index contributed by atoms with van der Waals surface area (Å²) in [4.78, 5) is 2.68. The van der Waals surface area contributed by atoms with Crippen molar-refractivity contribution in [2.24, 2.45) is 11.7 Å². The first-order chi connectivity index (χ1) is 9.69. The summed E-state index contributed by atoms with van der Waals surface area (Å²) in [6.45, 7) is 8.81. The predicted molar refractivity (Wildman–Crippen MR) is 86.8 cm³/mol. The minimum Gasteiger partial charge on any atom is -0.330 e. The lowest BCUT2D eigenvalue weighted by Crippen LogP contribution is -2.46. The largest absolute Gasteiger partial charge is 0.330 e. The van der Waals surface area contributed by atoms with E-state index >= 15 is 0 Å². The summed E-state index contributed by atoms with van der Waals surface area (Å²) in [6, 6.07) is 9.94. The molecule has 1 aromatic carbocycles. The van der Waals surface area contributed by atoms with Crippen molar-refractivity contribution in [2.75, 3.05) is 13.1 Å². The van der Waals surface area contributed by atoms with E-state index in [1.807, 2.05) is 0 Å². The van der Waals surface area contributed by atoms with E-state index in [1.165, 1.54) is 36.8 Å². The molecular formula is C18H30N2. The number of aryl methyl sites for hydroxylation is 1. The summed E-state index contributed by atoms with van der Waals surface area (Å²) >= 11 is 0. The van der Waals surface area contributed by atoms with Gasteiger partial charge in [-0.15, -0.1) is 0 Å². The molecule has 2 rings (SSSR count). The van der Waals surface area contributed by atoms with Crippen LogP contribution in [-0.4, -0.2) is 24.0 Å². The van der Waals surface area contributed by atoms with Gasteiger partial charge >= 0.3 is 0 Å². The average molecular weight is 274 g/mol. The Balaban J connectivity index is 2.20. The third-order valence-electron chi connectivity index (χ3n) is 5.10. The highest BCUT2D eigenvalue weighted by Crippen LogP contribution is 2.33. The van der Waals surface area contributed by atoms with E-state index in [4.69, 9.17) is 5.73 Å². The maximum Gasteiger partial charge on any atom is 0.0325 e. The summed E-state index contributed by atoms with van der Waals surface area (Å²) in [6.07, 6.45) is 5.33. The molecule has 3 unspecified atom stereocenters. The van der Waals surface area contributed by atoms with Gasteiger partial charge in [0.25, 0.3) is 0 Å². The molecular weight excluding hydrogens is 244 g/mol. The summed E-state index contributed by atoms with van der Waals surface area (Å²) in [7, 11) is 0. The molecule has 0 aromatic heterocycles. The van der Waals surface area contributed by atoms with Crippen LogP contribution in [0.15, 0.2) is 24.3 Å². The lowest BCUT2D eigenvalue weighted by atomic mass is 9.82. The smallest absolute Gasteiger partial charge is 0.0325 e. The average Bonchev–Trinajstić information content (AvgIpc) is 2.49. The Bertz CT molecular complexity index is 416. The molecule has 20 heavy (non-hydrogen) atoms. The second kappa shape index (κ2) is 7.24. The molecule has 0 bridgehead atoms. The van der Waals surface area contributed by atoms with Crippen molar-refractivity contribution >= 4 is 0 Å². The highest BCUT2D eigenvalue weighted by atomic mass is 15.2. The first-order valence-electron chi connectivity index (χ1n) is 8.20. The van der Waals surface area contributed by atoms with Crippen molar-refractivity contribution in [1.82, 2.24) is 4.90 Å². The Hall–Kier alpha value is -0.860. The van der Waals surface area contributed by atoms with Gasteiger partial charge in [0.15, 0.2) is 0 Å². The first-order valence-corrected chi connectivity index (χ1v) is 8.20. The molecule has 1 saturated carbocycles. The molecule has 0 aliphatic heterocycles. The molecule has 2 nitrogen and oxygen atoms in total. The minimum absolute atomic E-state index is 0.485. The van der Waals surface area contributed by atoms with E-state index in [0.29, 0.717) is 18.0 Å². The third-order valence-corrected chi connectivity index (χ3v) is 5.10. The van der Waals surface area contributed by atoms with E-state index in [9.17, 15) is 0 Å². The van der Waals surface area contributed by atoms with Gasteiger partial charge in [0.1, 0.15) is 0 Å². The maximum absolute atomic E-state index is 6.03. The van der Waals surface area contributed by atoms with Gasteiger partial charge in [-0.05, 0) is 56.8 Å². The van der Waals surface area contributed by atoms with Gasteiger partial charge in [0, 0.05) is 12.1 Å². The van der Waals surface area contributed by atoms with Crippen LogP contribution < -0.4 is 5.73 Å². The lowest BCUT2D eigenvalue weighted by Gasteiger charge is -2.43. The molecule has 112 valence electrons. The fraction of sp³-hybridized carbons (Fsp3) is 0.667. The molecule has 0 spiro atoms. The quantitative estimate of drug-likeness (QED) is 0.882. The van der Waals surface area contributed by atoms with E-state index in [1.54, 1.807) is 0 Å². The van der Waals surface area contributed by atoms with E-state index < -0.39 is 0 Å². The number of rotatable bonds is 5. The lowest BCUT2D eigenvalue weighted by molar-refractivity contribution is 0.0767. The fourth-order valence-corrected chi connectivity index (χ4v) is 3.93. The molecule has 1 aromatic rings. The molecule has 3 atom stereocenters. The molecule has 0 radical (unpaired) electrons. The maximum atomic E-state index is 6.03. The van der Waals surface area contributed by atoms with Crippen molar-refractivity contribution < 1.29 is 0 Å². The summed E-state index contributed by atoms with van der Waals surface area (Å²) in [5.74, 6) is 0.676. The minimum atomic E-state index is 0.485. The first kappa shape index (κ1) is 15.5. The Morgan fingerprint density at radius 2 is 1.95 bits per heavy atom. The Kier molecular flexibility index (Phi) is 5.62. The van der Waals surface area contributed by atoms with Crippen LogP contribution >= 0.6 is 0 Å². The number of benzene rings is 1. The van der Waals surface area contributed by atoms with Crippen LogP contribution in [0.3, 0.4) is 0 Å². The zero-order valence-corrected chi connectivity index (χ0v) is 13.3. The van der Waals surface area contributed by atoms with Crippen LogP contribution in [0.5, 0.6) is 0 Å². The SMILES string of the molecule is CCN(C(C)c1ccccc1C)C1CCCCC1CN. The van der Waals surface area contributed by atoms with Crippen LogP contribution in [0, 0.1) is 12.8 Å². The molecule has 2 heteroatoms. The summed E-state index contributed by atoms with van der Waals surface area (Å²) in [5.41, 5.74) is 8.90. The predicted octanol–water partition coefficient (Wildman–Crippen LogP) is 3.90. The Morgan fingerprint density at radius 3 is 2.60 bits per heavy atom. The van der Waals surface area contributed by atoms with E-state index in [0.717, 1.165) is 13.1 Å². The zero-order valence-electron chi connectivity index (χ0n) is 13.3. The second-order valence-corrected chi connectivity index (χ2v) is 6.21. The van der Waals surface area contributed by atoms with Gasteiger partial charge in [-0.1, -0.05) is 44.0 Å². The van der Waals surface area contributed by atoms with Gasteiger partial charge in [-0.25, -0.2) is 0 Å². The monoisotopic (exact) mass is 274 g/mol. The van der Waals surface area contributed by atoms with Crippen molar-refractivity contribution in [3.8, 4) is 0 Å². The van der Waals surface area contributed by atoms with Crippen LogP contribution in [-0.2, 0) is 0 Å². The molecule has 2 N–H and O–H groups in total. The standard InChI is InChI=1S/C18H30N2/c1-4-20(18-12-8-6-10-16(18)13-19)15(3)17-11-7-5-9-14(17)2/h5,7,9,11,15-16,18H,4,6,8,10,12-13,19H2,1-3H3. The fourth-order valence-electron chi connectivity index (χ4n) is 3.93. The van der Waals surface area contributed by atoms with Crippen LogP contribution in [0.1, 0.15) is 56.7 Å². The van der Waals surface area contributed by atoms with Crippen LogP contribution in [0.2, 0.25) is 0 Å². The highest BCUT2D eigenvalue weighted by molar-refractivity contribution is 5.28. The number of nitrogens with zero attached hydrogens (tertiary/aromatic N) is 1. The molecule has 0 saturated heterocycles. The number of hydrogen-bond donors (Lipinski definition) is 1. The summed E-state index contributed by atoms with van der Waals surface area (Å²) < 4.78 is 0. The van der Waals surface area contributed by atoms with Gasteiger partial charge in [-0.3, -0.25) is 4.90 Å². The molecule has 1 aliphatic rings. The van der Waals surface area contributed by atoms with Gasteiger partial charge < -0.3 is 5.73 Å². The van der Waals surface area contributed by atoms with E-state index in [-0.39, 0.29) is 0 Å². The van der Waals surface area contributed by atoms with Crippen molar-refractivity contribution in [2.45, 2.75) is 58.5 Å². The molecule has 0 amide bonds. The molecule has 0 heterocycles. The van der Waals surface area contributed by atoms with Crippen molar-refractivity contribution in [3.63, 3.8) is 0 Å². The van der Waals surface area contributed by atoms with Crippen LogP contribution in [0.25, 0.3) is 0 Å². The third kappa shape index (κ3) is 3.24. The second-order valence-electron chi connectivity index (χ2n) is 6.21. The Labute approximate surface area is 124 Å². The van der Waals surface area contributed by atoms with Gasteiger partial charge in [0.2, 0.25) is 0 Å². The van der Waals surface area contributed by atoms with Gasteiger partial charge in [0.05, 0.1) is 0 Å².